The molecule has 0 saturated carbocycles. The van der Waals surface area contributed by atoms with Crippen molar-refractivity contribution >= 4 is 32.7 Å². The largest absolute Gasteiger partial charge is 0.573 e. The SMILES string of the molecule is CCCC[C@@H]1CN(Cc2cc(C)cc(OCC(=O)O)c2)CCN1c1nc2ccc(OC(F)(F)F)cc2s1. The van der Waals surface area contributed by atoms with Gasteiger partial charge in [-0.15, -0.1) is 13.2 Å². The second kappa shape index (κ2) is 11.6. The number of hydrogen-bond donors (Lipinski definition) is 1. The summed E-state index contributed by atoms with van der Waals surface area (Å²) in [5, 5.41) is 9.71. The Morgan fingerprint density at radius 1 is 1.19 bits per heavy atom. The van der Waals surface area contributed by atoms with Crippen LogP contribution in [0.5, 0.6) is 11.5 Å². The number of rotatable bonds is 10. The van der Waals surface area contributed by atoms with Gasteiger partial charge < -0.3 is 19.5 Å². The molecule has 200 valence electrons. The van der Waals surface area contributed by atoms with Gasteiger partial charge in [0, 0.05) is 38.3 Å². The van der Waals surface area contributed by atoms with Gasteiger partial charge in [-0.25, -0.2) is 9.78 Å². The molecule has 37 heavy (non-hydrogen) atoms. The monoisotopic (exact) mass is 537 g/mol. The fraction of sp³-hybridized carbons (Fsp3) is 0.462. The molecule has 2 heterocycles. The molecule has 1 aromatic heterocycles. The van der Waals surface area contributed by atoms with E-state index in [0.717, 1.165) is 55.2 Å². The first-order chi connectivity index (χ1) is 17.6. The van der Waals surface area contributed by atoms with Crippen LogP contribution < -0.4 is 14.4 Å². The molecule has 0 radical (unpaired) electrons. The first kappa shape index (κ1) is 27.0. The highest BCUT2D eigenvalue weighted by atomic mass is 32.1. The lowest BCUT2D eigenvalue weighted by Crippen LogP contribution is -2.53. The maximum absolute atomic E-state index is 12.6. The minimum atomic E-state index is -4.73. The topological polar surface area (TPSA) is 75.1 Å². The minimum absolute atomic E-state index is 0.215. The first-order valence-electron chi connectivity index (χ1n) is 12.2. The summed E-state index contributed by atoms with van der Waals surface area (Å²) >= 11 is 1.38. The zero-order valence-corrected chi connectivity index (χ0v) is 21.6. The molecule has 1 aliphatic rings. The number of halogens is 3. The van der Waals surface area contributed by atoms with Gasteiger partial charge in [-0.2, -0.15) is 0 Å². The summed E-state index contributed by atoms with van der Waals surface area (Å²) in [6.45, 7) is 6.78. The third-order valence-corrected chi connectivity index (χ3v) is 7.22. The fourth-order valence-electron chi connectivity index (χ4n) is 4.62. The lowest BCUT2D eigenvalue weighted by atomic mass is 10.0. The van der Waals surface area contributed by atoms with Gasteiger partial charge in [0.2, 0.25) is 0 Å². The van der Waals surface area contributed by atoms with Gasteiger partial charge in [-0.3, -0.25) is 4.90 Å². The molecule has 0 amide bonds. The summed E-state index contributed by atoms with van der Waals surface area (Å²) in [7, 11) is 0. The molecule has 4 rings (SSSR count). The Bertz CT molecular complexity index is 1230. The van der Waals surface area contributed by atoms with Gasteiger partial charge >= 0.3 is 12.3 Å². The molecule has 1 N–H and O–H groups in total. The number of benzene rings is 2. The van der Waals surface area contributed by atoms with Crippen molar-refractivity contribution in [2.24, 2.45) is 0 Å². The van der Waals surface area contributed by atoms with Gasteiger partial charge in [0.1, 0.15) is 11.5 Å². The average molecular weight is 538 g/mol. The van der Waals surface area contributed by atoms with Crippen molar-refractivity contribution in [2.75, 3.05) is 31.1 Å². The zero-order chi connectivity index (χ0) is 26.6. The van der Waals surface area contributed by atoms with Crippen LogP contribution in [0, 0.1) is 6.92 Å². The maximum Gasteiger partial charge on any atom is 0.573 e. The van der Waals surface area contributed by atoms with Gasteiger partial charge in [0.05, 0.1) is 10.2 Å². The number of anilines is 1. The second-order valence-corrected chi connectivity index (χ2v) is 10.2. The molecular formula is C26H30F3N3O4S. The summed E-state index contributed by atoms with van der Waals surface area (Å²) in [6.07, 6.45) is -1.64. The number of nitrogens with zero attached hydrogens (tertiary/aromatic N) is 3. The molecule has 0 bridgehead atoms. The van der Waals surface area contributed by atoms with Crippen molar-refractivity contribution < 1.29 is 32.5 Å². The molecule has 0 aliphatic carbocycles. The van der Waals surface area contributed by atoms with Crippen LogP contribution in [0.4, 0.5) is 18.3 Å². The van der Waals surface area contributed by atoms with E-state index < -0.39 is 12.3 Å². The van der Waals surface area contributed by atoms with E-state index in [1.54, 1.807) is 6.07 Å². The Balaban J connectivity index is 1.49. The summed E-state index contributed by atoms with van der Waals surface area (Å²) in [4.78, 5) is 20.2. The maximum atomic E-state index is 12.6. The quantitative estimate of drug-likeness (QED) is 0.348. The van der Waals surface area contributed by atoms with E-state index in [1.807, 2.05) is 19.1 Å². The predicted molar refractivity (Wildman–Crippen MR) is 137 cm³/mol. The molecule has 0 spiro atoms. The molecule has 1 atom stereocenters. The molecule has 7 nitrogen and oxygen atoms in total. The molecule has 1 saturated heterocycles. The number of unbranched alkanes of at least 4 members (excludes halogenated alkanes) is 1. The minimum Gasteiger partial charge on any atom is -0.482 e. The second-order valence-electron chi connectivity index (χ2n) is 9.24. The number of hydrogen-bond acceptors (Lipinski definition) is 7. The fourth-order valence-corrected chi connectivity index (χ4v) is 5.71. The number of fused-ring (bicyclic) bond motifs is 1. The number of carboxylic acids is 1. The van der Waals surface area contributed by atoms with Crippen LogP contribution in [-0.4, -0.2) is 59.6 Å². The lowest BCUT2D eigenvalue weighted by Gasteiger charge is -2.41. The summed E-state index contributed by atoms with van der Waals surface area (Å²) in [6, 6.07) is 10.3. The van der Waals surface area contributed by atoms with Crippen LogP contribution in [0.1, 0.15) is 37.3 Å². The van der Waals surface area contributed by atoms with Crippen LogP contribution in [0.25, 0.3) is 10.2 Å². The normalized spacial score (nSPS) is 16.8. The van der Waals surface area contributed by atoms with Crippen LogP contribution in [0.2, 0.25) is 0 Å². The Hall–Kier alpha value is -3.05. The van der Waals surface area contributed by atoms with E-state index in [0.29, 0.717) is 22.5 Å². The number of aromatic nitrogens is 1. The van der Waals surface area contributed by atoms with E-state index in [-0.39, 0.29) is 18.4 Å². The highest BCUT2D eigenvalue weighted by molar-refractivity contribution is 7.22. The molecule has 2 aromatic carbocycles. The number of aryl methyl sites for hydroxylation is 1. The summed E-state index contributed by atoms with van der Waals surface area (Å²) in [5.41, 5.74) is 2.71. The zero-order valence-electron chi connectivity index (χ0n) is 20.8. The number of aliphatic carboxylic acids is 1. The number of ether oxygens (including phenoxy) is 2. The third-order valence-electron chi connectivity index (χ3n) is 6.16. The Labute approximate surface area is 217 Å². The molecular weight excluding hydrogens is 507 g/mol. The molecule has 3 aromatic rings. The molecule has 1 aliphatic heterocycles. The van der Waals surface area contributed by atoms with Crippen LogP contribution in [0.15, 0.2) is 36.4 Å². The summed E-state index contributed by atoms with van der Waals surface area (Å²) < 4.78 is 48.0. The van der Waals surface area contributed by atoms with E-state index >= 15 is 0 Å². The van der Waals surface area contributed by atoms with Crippen molar-refractivity contribution in [3.8, 4) is 11.5 Å². The Morgan fingerprint density at radius 2 is 2.00 bits per heavy atom. The van der Waals surface area contributed by atoms with E-state index in [1.165, 1.54) is 23.5 Å². The van der Waals surface area contributed by atoms with Crippen LogP contribution in [-0.2, 0) is 11.3 Å². The predicted octanol–water partition coefficient (Wildman–Crippen LogP) is 5.85. The highest BCUT2D eigenvalue weighted by Crippen LogP contribution is 2.35. The number of piperazine rings is 1. The number of thiazole rings is 1. The Morgan fingerprint density at radius 3 is 2.73 bits per heavy atom. The lowest BCUT2D eigenvalue weighted by molar-refractivity contribution is -0.274. The van der Waals surface area contributed by atoms with Crippen molar-refractivity contribution in [1.82, 2.24) is 9.88 Å². The van der Waals surface area contributed by atoms with E-state index in [4.69, 9.17) is 14.8 Å². The van der Waals surface area contributed by atoms with Gasteiger partial charge in [-0.05, 0) is 48.7 Å². The standard InChI is InChI=1S/C26H30F3N3O4S/c1-3-4-5-19-15-31(14-18-10-17(2)11-21(12-18)35-16-24(33)34)8-9-32(19)25-30-22-7-6-20(13-23(22)37-25)36-26(27,28)29/h6-7,10-13,19H,3-5,8-9,14-16H2,1-2H3,(H,33,34)/t19-/m1/s1. The Kier molecular flexibility index (Phi) is 8.43. The van der Waals surface area contributed by atoms with Crippen molar-refractivity contribution in [3.63, 3.8) is 0 Å². The smallest absolute Gasteiger partial charge is 0.482 e. The van der Waals surface area contributed by atoms with E-state index in [9.17, 15) is 18.0 Å². The molecule has 1 fully saturated rings. The van der Waals surface area contributed by atoms with Crippen LogP contribution >= 0.6 is 11.3 Å². The first-order valence-corrected chi connectivity index (χ1v) is 13.0. The molecule has 11 heteroatoms. The van der Waals surface area contributed by atoms with Crippen molar-refractivity contribution in [2.45, 2.75) is 52.1 Å². The van der Waals surface area contributed by atoms with Crippen molar-refractivity contribution in [3.05, 3.63) is 47.5 Å². The number of carboxylic acid groups (broad SMARTS) is 1. The van der Waals surface area contributed by atoms with Crippen molar-refractivity contribution in [1.29, 1.82) is 0 Å². The average Bonchev–Trinajstić information content (AvgIpc) is 3.23. The molecule has 0 unspecified atom stereocenters. The number of alkyl halides is 3. The third kappa shape index (κ3) is 7.48. The highest BCUT2D eigenvalue weighted by Gasteiger charge is 2.32. The van der Waals surface area contributed by atoms with Crippen LogP contribution in [0.3, 0.4) is 0 Å². The van der Waals surface area contributed by atoms with E-state index in [2.05, 4.69) is 27.5 Å². The summed E-state index contributed by atoms with van der Waals surface area (Å²) in [5.74, 6) is -0.716. The number of carbonyl (C=O) groups is 1. The van der Waals surface area contributed by atoms with Gasteiger partial charge in [0.25, 0.3) is 0 Å². The van der Waals surface area contributed by atoms with Gasteiger partial charge in [-0.1, -0.05) is 37.2 Å². The van der Waals surface area contributed by atoms with Gasteiger partial charge in [0.15, 0.2) is 11.7 Å².